The molecule has 5 nitrogen and oxygen atoms in total. The molecule has 2 aromatic heterocycles. The highest BCUT2D eigenvalue weighted by Crippen LogP contribution is 2.17. The van der Waals surface area contributed by atoms with Gasteiger partial charge in [-0.25, -0.2) is 0 Å². The van der Waals surface area contributed by atoms with E-state index in [2.05, 4.69) is 22.0 Å². The molecule has 2 heterocycles. The number of pyridine rings is 1. The maximum Gasteiger partial charge on any atom is 0.226 e. The number of aryl methyl sites for hydroxylation is 1. The molecular weight excluding hydrogens is 264 g/mol. The van der Waals surface area contributed by atoms with Crippen molar-refractivity contribution in [1.82, 2.24) is 15.1 Å². The summed E-state index contributed by atoms with van der Waals surface area (Å²) in [5, 5.41) is 4.03. The summed E-state index contributed by atoms with van der Waals surface area (Å²) in [5.41, 5.74) is 6.62. The van der Waals surface area contributed by atoms with Crippen molar-refractivity contribution in [2.45, 2.75) is 45.4 Å². The van der Waals surface area contributed by atoms with Crippen LogP contribution in [0.2, 0.25) is 0 Å². The lowest BCUT2D eigenvalue weighted by atomic mass is 9.94. The maximum atomic E-state index is 5.66. The van der Waals surface area contributed by atoms with Crippen LogP contribution in [-0.2, 0) is 12.8 Å². The molecule has 0 bridgehead atoms. The molecular formula is C16H24N4O. The first-order valence-electron chi connectivity index (χ1n) is 7.73. The van der Waals surface area contributed by atoms with Crippen LogP contribution in [0.5, 0.6) is 0 Å². The summed E-state index contributed by atoms with van der Waals surface area (Å²) in [6.45, 7) is 2.96. The molecule has 1 unspecified atom stereocenters. The summed E-state index contributed by atoms with van der Waals surface area (Å²) in [7, 11) is 0. The molecule has 0 radical (unpaired) electrons. The molecule has 0 saturated carbocycles. The van der Waals surface area contributed by atoms with Crippen LogP contribution in [0.15, 0.2) is 28.9 Å². The third-order valence-corrected chi connectivity index (χ3v) is 3.61. The Hall–Kier alpha value is -1.75. The molecule has 21 heavy (non-hydrogen) atoms. The van der Waals surface area contributed by atoms with Crippen molar-refractivity contribution in [3.8, 4) is 0 Å². The van der Waals surface area contributed by atoms with E-state index in [0.29, 0.717) is 18.2 Å². The highest BCUT2D eigenvalue weighted by molar-refractivity contribution is 5.09. The van der Waals surface area contributed by atoms with E-state index >= 15 is 0 Å². The fourth-order valence-corrected chi connectivity index (χ4v) is 2.53. The molecule has 0 aromatic carbocycles. The summed E-state index contributed by atoms with van der Waals surface area (Å²) in [6, 6.07) is 5.83. The second-order valence-corrected chi connectivity index (χ2v) is 5.37. The molecule has 0 aliphatic heterocycles. The van der Waals surface area contributed by atoms with Gasteiger partial charge in [0.1, 0.15) is 0 Å². The van der Waals surface area contributed by atoms with E-state index in [1.165, 1.54) is 12.8 Å². The Morgan fingerprint density at radius 2 is 2.14 bits per heavy atom. The molecule has 0 saturated heterocycles. The van der Waals surface area contributed by atoms with Crippen LogP contribution in [0.3, 0.4) is 0 Å². The van der Waals surface area contributed by atoms with Gasteiger partial charge in [-0.3, -0.25) is 4.98 Å². The van der Waals surface area contributed by atoms with E-state index < -0.39 is 0 Å². The van der Waals surface area contributed by atoms with Crippen LogP contribution in [0.1, 0.15) is 50.0 Å². The fraction of sp³-hybridized carbons (Fsp3) is 0.562. The number of nitrogens with zero attached hydrogens (tertiary/aromatic N) is 3. The number of hydrogen-bond acceptors (Lipinski definition) is 5. The Balaban J connectivity index is 1.85. The van der Waals surface area contributed by atoms with Crippen molar-refractivity contribution >= 4 is 0 Å². The minimum atomic E-state index is 0.617. The first kappa shape index (κ1) is 15.6. The van der Waals surface area contributed by atoms with Gasteiger partial charge in [-0.15, -0.1) is 0 Å². The summed E-state index contributed by atoms with van der Waals surface area (Å²) in [4.78, 5) is 8.72. The lowest BCUT2D eigenvalue weighted by molar-refractivity contribution is 0.347. The molecule has 114 valence electrons. The Labute approximate surface area is 126 Å². The molecule has 0 fully saturated rings. The molecule has 2 aromatic rings. The molecule has 0 spiro atoms. The second kappa shape index (κ2) is 8.52. The van der Waals surface area contributed by atoms with Gasteiger partial charge in [0.05, 0.1) is 6.42 Å². The van der Waals surface area contributed by atoms with E-state index in [0.717, 1.165) is 37.4 Å². The molecule has 1 atom stereocenters. The van der Waals surface area contributed by atoms with Crippen molar-refractivity contribution in [3.05, 3.63) is 41.8 Å². The lowest BCUT2D eigenvalue weighted by Crippen LogP contribution is -2.09. The van der Waals surface area contributed by atoms with Gasteiger partial charge in [-0.2, -0.15) is 4.98 Å². The average molecular weight is 288 g/mol. The Kier molecular flexibility index (Phi) is 6.34. The Morgan fingerprint density at radius 3 is 2.86 bits per heavy atom. The molecule has 5 heteroatoms. The average Bonchev–Trinajstić information content (AvgIpc) is 2.94. The smallest absolute Gasteiger partial charge is 0.226 e. The fourth-order valence-electron chi connectivity index (χ4n) is 2.53. The minimum absolute atomic E-state index is 0.617. The van der Waals surface area contributed by atoms with E-state index in [4.69, 9.17) is 10.3 Å². The van der Waals surface area contributed by atoms with Crippen molar-refractivity contribution in [2.24, 2.45) is 11.7 Å². The van der Waals surface area contributed by atoms with Crippen LogP contribution < -0.4 is 5.73 Å². The number of rotatable bonds is 9. The maximum absolute atomic E-state index is 5.66. The summed E-state index contributed by atoms with van der Waals surface area (Å²) in [6.07, 6.45) is 7.77. The molecule has 0 aliphatic rings. The highest BCUT2D eigenvalue weighted by Gasteiger charge is 2.12. The van der Waals surface area contributed by atoms with E-state index in [1.807, 2.05) is 18.2 Å². The Bertz CT molecular complexity index is 506. The summed E-state index contributed by atoms with van der Waals surface area (Å²) < 4.78 is 5.32. The number of nitrogens with two attached hydrogens (primary N) is 1. The van der Waals surface area contributed by atoms with Gasteiger partial charge in [0.15, 0.2) is 5.82 Å². The van der Waals surface area contributed by atoms with Crippen molar-refractivity contribution in [1.29, 1.82) is 0 Å². The van der Waals surface area contributed by atoms with Crippen molar-refractivity contribution < 1.29 is 4.52 Å². The van der Waals surface area contributed by atoms with Crippen LogP contribution in [0.25, 0.3) is 0 Å². The topological polar surface area (TPSA) is 77.8 Å². The van der Waals surface area contributed by atoms with Crippen LogP contribution in [-0.4, -0.2) is 21.7 Å². The van der Waals surface area contributed by atoms with Crippen molar-refractivity contribution in [2.75, 3.05) is 6.54 Å². The summed E-state index contributed by atoms with van der Waals surface area (Å²) in [5.74, 6) is 2.08. The predicted octanol–water partition coefficient (Wildman–Crippen LogP) is 2.75. The monoisotopic (exact) mass is 288 g/mol. The van der Waals surface area contributed by atoms with Crippen LogP contribution >= 0.6 is 0 Å². The third-order valence-electron chi connectivity index (χ3n) is 3.61. The normalized spacial score (nSPS) is 12.5. The minimum Gasteiger partial charge on any atom is -0.339 e. The van der Waals surface area contributed by atoms with Crippen LogP contribution in [0, 0.1) is 5.92 Å². The first-order valence-corrected chi connectivity index (χ1v) is 7.73. The quantitative estimate of drug-likeness (QED) is 0.767. The van der Waals surface area contributed by atoms with Gasteiger partial charge in [0.25, 0.3) is 0 Å². The third kappa shape index (κ3) is 5.27. The van der Waals surface area contributed by atoms with Gasteiger partial charge < -0.3 is 10.3 Å². The van der Waals surface area contributed by atoms with Gasteiger partial charge in [0, 0.05) is 18.3 Å². The summed E-state index contributed by atoms with van der Waals surface area (Å²) >= 11 is 0. The van der Waals surface area contributed by atoms with Gasteiger partial charge in [0.2, 0.25) is 5.89 Å². The van der Waals surface area contributed by atoms with Gasteiger partial charge in [-0.1, -0.05) is 31.0 Å². The second-order valence-electron chi connectivity index (χ2n) is 5.37. The van der Waals surface area contributed by atoms with Gasteiger partial charge >= 0.3 is 0 Å². The Morgan fingerprint density at radius 1 is 1.24 bits per heavy atom. The molecule has 2 rings (SSSR count). The van der Waals surface area contributed by atoms with E-state index in [9.17, 15) is 0 Å². The van der Waals surface area contributed by atoms with E-state index in [1.54, 1.807) is 6.20 Å². The lowest BCUT2D eigenvalue weighted by Gasteiger charge is -2.13. The standard InChI is InChI=1S/C16H24N4O/c1-2-5-13(9-10-17)7-8-16-19-15(20-21-16)12-14-6-3-4-11-18-14/h3-4,6,11,13H,2,5,7-10,12,17H2,1H3. The first-order chi connectivity index (χ1) is 10.3. The zero-order valence-corrected chi connectivity index (χ0v) is 12.7. The number of aromatic nitrogens is 3. The zero-order chi connectivity index (χ0) is 14.9. The number of hydrogen-bond donors (Lipinski definition) is 1. The highest BCUT2D eigenvalue weighted by atomic mass is 16.5. The van der Waals surface area contributed by atoms with Crippen molar-refractivity contribution in [3.63, 3.8) is 0 Å². The van der Waals surface area contributed by atoms with E-state index in [-0.39, 0.29) is 0 Å². The molecule has 0 amide bonds. The van der Waals surface area contributed by atoms with Crippen LogP contribution in [0.4, 0.5) is 0 Å². The SMILES string of the molecule is CCCC(CCN)CCc1nc(Cc2ccccn2)no1. The molecule has 0 aliphatic carbocycles. The predicted molar refractivity (Wildman–Crippen MR) is 81.7 cm³/mol. The zero-order valence-electron chi connectivity index (χ0n) is 12.7. The van der Waals surface area contributed by atoms with Gasteiger partial charge in [-0.05, 0) is 37.4 Å². The molecule has 2 N–H and O–H groups in total. The largest absolute Gasteiger partial charge is 0.339 e.